The van der Waals surface area contributed by atoms with Gasteiger partial charge in [0, 0.05) is 17.9 Å². The van der Waals surface area contributed by atoms with Crippen molar-refractivity contribution in [3.63, 3.8) is 0 Å². The zero-order chi connectivity index (χ0) is 15.1. The Kier molecular flexibility index (Phi) is 4.55. The van der Waals surface area contributed by atoms with E-state index in [9.17, 15) is 4.21 Å². The molecule has 4 rings (SSSR count). The van der Waals surface area contributed by atoms with Crippen LogP contribution in [-0.2, 0) is 10.8 Å². The maximum absolute atomic E-state index is 12.4. The lowest BCUT2D eigenvalue weighted by molar-refractivity contribution is 0.273. The second kappa shape index (κ2) is 6.45. The first-order chi connectivity index (χ1) is 10.8. The molecule has 0 aromatic heterocycles. The Labute approximate surface area is 144 Å². The molecule has 0 aliphatic carbocycles. The van der Waals surface area contributed by atoms with E-state index in [4.69, 9.17) is 10.1 Å². The summed E-state index contributed by atoms with van der Waals surface area (Å²) in [4.78, 5) is 6.92. The van der Waals surface area contributed by atoms with Crippen molar-refractivity contribution < 1.29 is 4.21 Å². The van der Waals surface area contributed by atoms with E-state index in [0.717, 1.165) is 40.9 Å². The van der Waals surface area contributed by atoms with Gasteiger partial charge in [0.1, 0.15) is 17.4 Å². The van der Waals surface area contributed by atoms with Crippen LogP contribution in [0.1, 0.15) is 18.9 Å². The van der Waals surface area contributed by atoms with Crippen LogP contribution < -0.4 is 0 Å². The number of hydrazone groups is 1. The van der Waals surface area contributed by atoms with Crippen LogP contribution in [0.25, 0.3) is 0 Å². The normalized spacial score (nSPS) is 22.9. The molecule has 1 atom stereocenters. The third kappa shape index (κ3) is 2.70. The van der Waals surface area contributed by atoms with Crippen molar-refractivity contribution in [3.8, 4) is 0 Å². The number of hydrogen-bond acceptors (Lipinski definition) is 5. The molecule has 0 saturated heterocycles. The minimum absolute atomic E-state index is 0. The fourth-order valence-electron chi connectivity index (χ4n) is 3.06. The van der Waals surface area contributed by atoms with Gasteiger partial charge in [0.25, 0.3) is 0 Å². The molecule has 0 fully saturated rings. The van der Waals surface area contributed by atoms with Crippen LogP contribution >= 0.6 is 12.4 Å². The first-order valence-electron chi connectivity index (χ1n) is 7.59. The molecule has 0 N–H and O–H groups in total. The molecule has 1 unspecified atom stereocenters. The van der Waals surface area contributed by atoms with E-state index in [2.05, 4.69) is 24.0 Å². The molecule has 122 valence electrons. The van der Waals surface area contributed by atoms with E-state index in [0.29, 0.717) is 13.2 Å². The van der Waals surface area contributed by atoms with E-state index in [1.165, 1.54) is 5.57 Å². The first-order valence-corrected chi connectivity index (χ1v) is 8.91. The fraction of sp³-hybridized carbons (Fsp3) is 0.375. The number of fused-ring (bicyclic) bond motifs is 2. The summed E-state index contributed by atoms with van der Waals surface area (Å²) in [7, 11) is -0.925. The highest BCUT2D eigenvalue weighted by atomic mass is 35.5. The summed E-state index contributed by atoms with van der Waals surface area (Å²) in [6.07, 6.45) is 0.878. The minimum Gasteiger partial charge on any atom is -0.296 e. The summed E-state index contributed by atoms with van der Waals surface area (Å²) in [5.41, 5.74) is 3.18. The third-order valence-electron chi connectivity index (χ3n) is 4.20. The Bertz CT molecular complexity index is 729. The first kappa shape index (κ1) is 16.2. The van der Waals surface area contributed by atoms with Gasteiger partial charge in [-0.3, -0.25) is 19.1 Å². The van der Waals surface area contributed by atoms with Crippen LogP contribution in [0.4, 0.5) is 0 Å². The third-order valence-corrected chi connectivity index (χ3v) is 5.72. The van der Waals surface area contributed by atoms with Crippen molar-refractivity contribution in [2.75, 3.05) is 25.5 Å². The topological polar surface area (TPSA) is 48.3 Å². The number of benzene rings is 1. The van der Waals surface area contributed by atoms with Crippen molar-refractivity contribution in [1.82, 2.24) is 9.91 Å². The van der Waals surface area contributed by atoms with E-state index < -0.39 is 10.8 Å². The molecule has 0 radical (unpaired) electrons. The van der Waals surface area contributed by atoms with Crippen LogP contribution in [-0.4, -0.2) is 51.2 Å². The Hall–Kier alpha value is -1.66. The van der Waals surface area contributed by atoms with Gasteiger partial charge in [-0.25, -0.2) is 0 Å². The maximum Gasteiger partial charge on any atom is 0.181 e. The second-order valence-corrected chi connectivity index (χ2v) is 7.04. The molecule has 1 aromatic rings. The molecule has 7 heteroatoms. The number of rotatable bonds is 2. The number of nitrogens with zero attached hydrogens (tertiary/aromatic N) is 4. The number of halogens is 1. The van der Waals surface area contributed by atoms with Crippen molar-refractivity contribution in [2.45, 2.75) is 13.3 Å². The minimum atomic E-state index is -0.925. The van der Waals surface area contributed by atoms with E-state index >= 15 is 0 Å². The van der Waals surface area contributed by atoms with Crippen molar-refractivity contribution in [1.29, 1.82) is 0 Å². The molecular weight excluding hydrogens is 332 g/mol. The molecule has 1 aromatic carbocycles. The summed E-state index contributed by atoms with van der Waals surface area (Å²) < 4.78 is 12.4. The van der Waals surface area contributed by atoms with Crippen LogP contribution in [0.15, 0.2) is 51.0 Å². The summed E-state index contributed by atoms with van der Waals surface area (Å²) in [6.45, 7) is 4.21. The van der Waals surface area contributed by atoms with Gasteiger partial charge in [-0.2, -0.15) is 5.10 Å². The lowest BCUT2D eigenvalue weighted by Gasteiger charge is -2.21. The molecule has 3 aliphatic heterocycles. The molecular formula is C16H19ClN4OS. The van der Waals surface area contributed by atoms with Gasteiger partial charge in [0.05, 0.1) is 17.3 Å². The van der Waals surface area contributed by atoms with Crippen molar-refractivity contribution in [3.05, 3.63) is 46.5 Å². The number of aliphatic imine (C=N–C) groups is 1. The average Bonchev–Trinajstić information content (AvgIpc) is 3.09. The predicted octanol–water partition coefficient (Wildman–Crippen LogP) is 2.18. The van der Waals surface area contributed by atoms with Crippen molar-refractivity contribution >= 4 is 34.8 Å². The van der Waals surface area contributed by atoms with E-state index in [-0.39, 0.29) is 12.4 Å². The largest absolute Gasteiger partial charge is 0.296 e. The highest BCUT2D eigenvalue weighted by Crippen LogP contribution is 2.32. The Morgan fingerprint density at radius 2 is 2.04 bits per heavy atom. The smallest absolute Gasteiger partial charge is 0.181 e. The average molecular weight is 351 g/mol. The van der Waals surface area contributed by atoms with Crippen LogP contribution in [0, 0.1) is 0 Å². The standard InChI is InChI=1S/C16H18N4OS.ClH/c1-2-19-11-20-15(18-19)14(12-6-4-3-5-7-12)17-10-13-8-9-22(21)16(13)20;/h3-7H,2,8-11H2,1H3;1H. The predicted molar refractivity (Wildman–Crippen MR) is 96.3 cm³/mol. The monoisotopic (exact) mass is 350 g/mol. The quantitative estimate of drug-likeness (QED) is 0.821. The summed E-state index contributed by atoms with van der Waals surface area (Å²) in [5, 5.41) is 7.67. The van der Waals surface area contributed by atoms with Crippen molar-refractivity contribution in [2.24, 2.45) is 10.1 Å². The van der Waals surface area contributed by atoms with Gasteiger partial charge < -0.3 is 0 Å². The molecule has 0 spiro atoms. The lowest BCUT2D eigenvalue weighted by atomic mass is 10.1. The fourth-order valence-corrected chi connectivity index (χ4v) is 4.56. The Morgan fingerprint density at radius 3 is 2.78 bits per heavy atom. The zero-order valence-corrected chi connectivity index (χ0v) is 14.6. The number of hydrogen-bond donors (Lipinski definition) is 0. The molecule has 3 heterocycles. The summed E-state index contributed by atoms with van der Waals surface area (Å²) >= 11 is 0. The SMILES string of the molecule is CCN1CN2C(=N1)C(c1ccccc1)=NCC1=C2S(=O)CC1.Cl. The van der Waals surface area contributed by atoms with Gasteiger partial charge >= 0.3 is 0 Å². The molecule has 0 bridgehead atoms. The maximum atomic E-state index is 12.4. The number of amidine groups is 1. The van der Waals surface area contributed by atoms with E-state index in [1.807, 2.05) is 23.2 Å². The zero-order valence-electron chi connectivity index (χ0n) is 12.9. The van der Waals surface area contributed by atoms with Crippen LogP contribution in [0.5, 0.6) is 0 Å². The van der Waals surface area contributed by atoms with Crippen LogP contribution in [0.3, 0.4) is 0 Å². The Balaban J connectivity index is 0.00000156. The van der Waals surface area contributed by atoms with Gasteiger partial charge in [-0.1, -0.05) is 30.3 Å². The molecule has 3 aliphatic rings. The molecule has 23 heavy (non-hydrogen) atoms. The molecule has 0 saturated carbocycles. The van der Waals surface area contributed by atoms with Gasteiger partial charge in [0.15, 0.2) is 5.84 Å². The van der Waals surface area contributed by atoms with E-state index in [1.54, 1.807) is 0 Å². The van der Waals surface area contributed by atoms with Gasteiger partial charge in [-0.05, 0) is 18.9 Å². The summed E-state index contributed by atoms with van der Waals surface area (Å²) in [5.74, 6) is 1.56. The van der Waals surface area contributed by atoms with Gasteiger partial charge in [0.2, 0.25) is 0 Å². The highest BCUT2D eigenvalue weighted by molar-refractivity contribution is 7.89. The van der Waals surface area contributed by atoms with Crippen LogP contribution in [0.2, 0.25) is 0 Å². The molecule has 0 amide bonds. The lowest BCUT2D eigenvalue weighted by Crippen LogP contribution is -2.35. The Morgan fingerprint density at radius 1 is 1.26 bits per heavy atom. The second-order valence-electron chi connectivity index (χ2n) is 5.55. The van der Waals surface area contributed by atoms with Gasteiger partial charge in [-0.15, -0.1) is 12.4 Å². The molecule has 5 nitrogen and oxygen atoms in total. The highest BCUT2D eigenvalue weighted by Gasteiger charge is 2.37. The summed E-state index contributed by atoms with van der Waals surface area (Å²) in [6, 6.07) is 10.1.